The second-order valence-electron chi connectivity index (χ2n) is 7.13. The Morgan fingerprint density at radius 1 is 1.35 bits per heavy atom. The molecular weight excluding hydrogens is 348 g/mol. The highest BCUT2D eigenvalue weighted by Gasteiger charge is 2.21. The largest absolute Gasteiger partial charge is 0.356 e. The Morgan fingerprint density at radius 3 is 2.73 bits per heavy atom. The molecule has 0 radical (unpaired) electrons. The molecule has 1 aromatic carbocycles. The van der Waals surface area contributed by atoms with Crippen LogP contribution in [0, 0.1) is 12.8 Å². The normalized spacial score (nSPS) is 18.9. The average Bonchev–Trinajstić information content (AvgIpc) is 3.02. The third-order valence-corrected chi connectivity index (χ3v) is 6.05. The van der Waals surface area contributed by atoms with E-state index in [9.17, 15) is 8.42 Å². The highest BCUT2D eigenvalue weighted by Crippen LogP contribution is 2.17. The summed E-state index contributed by atoms with van der Waals surface area (Å²) >= 11 is 0. The van der Waals surface area contributed by atoms with Gasteiger partial charge in [-0.15, -0.1) is 0 Å². The summed E-state index contributed by atoms with van der Waals surface area (Å²) in [5, 5.41) is 6.72. The minimum Gasteiger partial charge on any atom is -0.356 e. The number of benzene rings is 1. The molecule has 7 heteroatoms. The van der Waals surface area contributed by atoms with Gasteiger partial charge in [0, 0.05) is 32.9 Å². The van der Waals surface area contributed by atoms with Gasteiger partial charge in [-0.05, 0) is 56.0 Å². The minimum absolute atomic E-state index is 0.390. The summed E-state index contributed by atoms with van der Waals surface area (Å²) in [7, 11) is -1.40. The number of sulfone groups is 1. The number of aliphatic imine (C=N–C) groups is 1. The molecule has 0 aliphatic carbocycles. The third kappa shape index (κ3) is 5.99. The van der Waals surface area contributed by atoms with E-state index in [-0.39, 0.29) is 0 Å². The Labute approximate surface area is 158 Å². The standard InChI is InChI=1S/C19H32N4O2S/c1-5-9-23-10-8-17(14-23)13-22-19(20-3)21-12-16-6-7-18(15(2)11-16)26(4,24)25/h6-7,11,17H,5,8-10,12-14H2,1-4H3,(H2,20,21,22). The second kappa shape index (κ2) is 9.37. The van der Waals surface area contributed by atoms with E-state index in [1.165, 1.54) is 32.2 Å². The van der Waals surface area contributed by atoms with Crippen molar-refractivity contribution in [3.8, 4) is 0 Å². The summed E-state index contributed by atoms with van der Waals surface area (Å²) in [5.41, 5.74) is 1.81. The molecule has 1 fully saturated rings. The Hall–Kier alpha value is -1.60. The monoisotopic (exact) mass is 380 g/mol. The summed E-state index contributed by atoms with van der Waals surface area (Å²) in [5.74, 6) is 1.44. The van der Waals surface area contributed by atoms with Crippen LogP contribution in [0.4, 0.5) is 0 Å². The van der Waals surface area contributed by atoms with Gasteiger partial charge in [-0.2, -0.15) is 0 Å². The van der Waals surface area contributed by atoms with Crippen LogP contribution in [0.25, 0.3) is 0 Å². The van der Waals surface area contributed by atoms with E-state index in [4.69, 9.17) is 0 Å². The van der Waals surface area contributed by atoms with E-state index in [1.54, 1.807) is 13.1 Å². The van der Waals surface area contributed by atoms with E-state index in [2.05, 4.69) is 27.4 Å². The molecule has 0 saturated carbocycles. The highest BCUT2D eigenvalue weighted by atomic mass is 32.2. The first-order chi connectivity index (χ1) is 12.3. The first-order valence-electron chi connectivity index (χ1n) is 9.30. The van der Waals surface area contributed by atoms with Crippen molar-refractivity contribution < 1.29 is 8.42 Å². The van der Waals surface area contributed by atoms with Gasteiger partial charge in [-0.25, -0.2) is 8.42 Å². The van der Waals surface area contributed by atoms with Crippen LogP contribution in [0.1, 0.15) is 30.9 Å². The molecule has 0 spiro atoms. The Balaban J connectivity index is 1.83. The topological polar surface area (TPSA) is 73.8 Å². The number of aryl methyl sites for hydroxylation is 1. The molecule has 6 nitrogen and oxygen atoms in total. The lowest BCUT2D eigenvalue weighted by Crippen LogP contribution is -2.40. The number of nitrogens with one attached hydrogen (secondary N) is 2. The van der Waals surface area contributed by atoms with E-state index < -0.39 is 9.84 Å². The van der Waals surface area contributed by atoms with Crippen molar-refractivity contribution in [1.82, 2.24) is 15.5 Å². The molecule has 146 valence electrons. The van der Waals surface area contributed by atoms with Gasteiger partial charge in [0.2, 0.25) is 0 Å². The van der Waals surface area contributed by atoms with Crippen molar-refractivity contribution in [3.63, 3.8) is 0 Å². The summed E-state index contributed by atoms with van der Waals surface area (Å²) in [6.45, 7) is 9.12. The Kier molecular flexibility index (Phi) is 7.46. The van der Waals surface area contributed by atoms with Crippen molar-refractivity contribution in [2.45, 2.75) is 38.1 Å². The molecule has 0 amide bonds. The van der Waals surface area contributed by atoms with Gasteiger partial charge in [0.1, 0.15) is 0 Å². The number of hydrogen-bond acceptors (Lipinski definition) is 4. The lowest BCUT2D eigenvalue weighted by atomic mass is 10.1. The molecule has 0 aromatic heterocycles. The smallest absolute Gasteiger partial charge is 0.191 e. The highest BCUT2D eigenvalue weighted by molar-refractivity contribution is 7.90. The summed E-state index contributed by atoms with van der Waals surface area (Å²) < 4.78 is 23.4. The summed E-state index contributed by atoms with van der Waals surface area (Å²) in [6, 6.07) is 5.44. The molecule has 1 aromatic rings. The summed E-state index contributed by atoms with van der Waals surface area (Å²) in [4.78, 5) is 7.20. The lowest BCUT2D eigenvalue weighted by Gasteiger charge is -2.17. The molecule has 1 heterocycles. The van der Waals surface area contributed by atoms with Crippen molar-refractivity contribution in [1.29, 1.82) is 0 Å². The van der Waals surface area contributed by atoms with Crippen molar-refractivity contribution in [3.05, 3.63) is 29.3 Å². The minimum atomic E-state index is -3.17. The van der Waals surface area contributed by atoms with Crippen LogP contribution in [0.5, 0.6) is 0 Å². The first kappa shape index (κ1) is 20.7. The molecule has 26 heavy (non-hydrogen) atoms. The van der Waals surface area contributed by atoms with Gasteiger partial charge in [-0.1, -0.05) is 19.1 Å². The molecule has 0 bridgehead atoms. The number of guanidine groups is 1. The number of hydrogen-bond donors (Lipinski definition) is 2. The SMILES string of the molecule is CCCN1CCC(CNC(=NC)NCc2ccc(S(C)(=O)=O)c(C)c2)C1. The van der Waals surface area contributed by atoms with Crippen LogP contribution in [-0.2, 0) is 16.4 Å². The summed E-state index contributed by atoms with van der Waals surface area (Å²) in [6.07, 6.45) is 3.68. The molecule has 1 aliphatic rings. The predicted octanol–water partition coefficient (Wildman–Crippen LogP) is 1.80. The second-order valence-corrected chi connectivity index (χ2v) is 9.12. The van der Waals surface area contributed by atoms with Gasteiger partial charge in [0.05, 0.1) is 4.90 Å². The third-order valence-electron chi connectivity index (χ3n) is 4.79. The Morgan fingerprint density at radius 2 is 2.12 bits per heavy atom. The number of nitrogens with zero attached hydrogens (tertiary/aromatic N) is 2. The fourth-order valence-corrected chi connectivity index (χ4v) is 4.44. The molecule has 2 rings (SSSR count). The fraction of sp³-hybridized carbons (Fsp3) is 0.632. The van der Waals surface area contributed by atoms with E-state index >= 15 is 0 Å². The number of likely N-dealkylation sites (tertiary alicyclic amines) is 1. The Bertz CT molecular complexity index is 731. The van der Waals surface area contributed by atoms with Crippen molar-refractivity contribution in [2.24, 2.45) is 10.9 Å². The molecular formula is C19H32N4O2S. The molecule has 1 aliphatic heterocycles. The quantitative estimate of drug-likeness (QED) is 0.557. The van der Waals surface area contributed by atoms with E-state index in [0.29, 0.717) is 17.4 Å². The number of rotatable bonds is 7. The van der Waals surface area contributed by atoms with Gasteiger partial charge in [0.15, 0.2) is 15.8 Å². The van der Waals surface area contributed by atoms with Gasteiger partial charge >= 0.3 is 0 Å². The van der Waals surface area contributed by atoms with Crippen LogP contribution >= 0.6 is 0 Å². The zero-order valence-corrected chi connectivity index (χ0v) is 17.2. The van der Waals surface area contributed by atoms with Gasteiger partial charge in [-0.3, -0.25) is 4.99 Å². The average molecular weight is 381 g/mol. The van der Waals surface area contributed by atoms with Crippen LogP contribution in [-0.4, -0.2) is 58.8 Å². The van der Waals surface area contributed by atoms with Crippen LogP contribution in [0.2, 0.25) is 0 Å². The maximum absolute atomic E-state index is 11.7. The lowest BCUT2D eigenvalue weighted by molar-refractivity contribution is 0.324. The van der Waals surface area contributed by atoms with Crippen molar-refractivity contribution in [2.75, 3.05) is 39.5 Å². The first-order valence-corrected chi connectivity index (χ1v) is 11.2. The molecule has 1 atom stereocenters. The van der Waals surface area contributed by atoms with Gasteiger partial charge in [0.25, 0.3) is 0 Å². The zero-order chi connectivity index (χ0) is 19.2. The van der Waals surface area contributed by atoms with Crippen molar-refractivity contribution >= 4 is 15.8 Å². The molecule has 1 unspecified atom stereocenters. The van der Waals surface area contributed by atoms with Gasteiger partial charge < -0.3 is 15.5 Å². The maximum Gasteiger partial charge on any atom is 0.191 e. The van der Waals surface area contributed by atoms with E-state index in [0.717, 1.165) is 30.2 Å². The van der Waals surface area contributed by atoms with Crippen LogP contribution in [0.3, 0.4) is 0 Å². The van der Waals surface area contributed by atoms with Crippen LogP contribution in [0.15, 0.2) is 28.1 Å². The zero-order valence-electron chi connectivity index (χ0n) is 16.4. The molecule has 2 N–H and O–H groups in total. The fourth-order valence-electron chi connectivity index (χ4n) is 3.48. The van der Waals surface area contributed by atoms with E-state index in [1.807, 2.05) is 19.1 Å². The predicted molar refractivity (Wildman–Crippen MR) is 107 cm³/mol. The molecule has 1 saturated heterocycles. The maximum atomic E-state index is 11.7. The van der Waals surface area contributed by atoms with Crippen LogP contribution < -0.4 is 10.6 Å².